The summed E-state index contributed by atoms with van der Waals surface area (Å²) in [6.07, 6.45) is 0. The van der Waals surface area contributed by atoms with Crippen LogP contribution in [0.3, 0.4) is 0 Å². The Morgan fingerprint density at radius 2 is 1.80 bits per heavy atom. The zero-order valence-electron chi connectivity index (χ0n) is 17.0. The van der Waals surface area contributed by atoms with Crippen LogP contribution >= 0.6 is 11.6 Å². The molecule has 0 spiro atoms. The predicted molar refractivity (Wildman–Crippen MR) is 118 cm³/mol. The van der Waals surface area contributed by atoms with Crippen molar-refractivity contribution in [3.63, 3.8) is 0 Å². The molecule has 0 atom stereocenters. The molecule has 0 aliphatic carbocycles. The highest BCUT2D eigenvalue weighted by atomic mass is 35.5. The van der Waals surface area contributed by atoms with E-state index in [0.29, 0.717) is 33.3 Å². The third-order valence-electron chi connectivity index (χ3n) is 4.59. The molecule has 0 unspecified atom stereocenters. The summed E-state index contributed by atoms with van der Waals surface area (Å²) in [5.41, 5.74) is 3.19. The molecule has 0 radical (unpaired) electrons. The Bertz CT molecular complexity index is 1090. The standard InChI is InChI=1S/C24H22ClNO4/c1-15-11-21(8-9-22(15)25)30-14-19-12-18(7-10-23(19)29-3)24(28)26-20-6-4-5-17(13-20)16(2)27/h4-13H,14H2,1-3H3,(H,26,28). The van der Waals surface area contributed by atoms with E-state index in [1.165, 1.54) is 6.92 Å². The average Bonchev–Trinajstić information content (AvgIpc) is 2.74. The highest BCUT2D eigenvalue weighted by Gasteiger charge is 2.12. The molecule has 3 aromatic rings. The highest BCUT2D eigenvalue weighted by molar-refractivity contribution is 6.31. The number of hydrogen-bond acceptors (Lipinski definition) is 4. The Labute approximate surface area is 180 Å². The van der Waals surface area contributed by atoms with Gasteiger partial charge in [-0.3, -0.25) is 9.59 Å². The van der Waals surface area contributed by atoms with Gasteiger partial charge in [0.15, 0.2) is 5.78 Å². The van der Waals surface area contributed by atoms with Gasteiger partial charge in [0.05, 0.1) is 7.11 Å². The number of carbonyl (C=O) groups is 2. The van der Waals surface area contributed by atoms with Crippen molar-refractivity contribution in [2.45, 2.75) is 20.5 Å². The van der Waals surface area contributed by atoms with Gasteiger partial charge in [0, 0.05) is 27.4 Å². The van der Waals surface area contributed by atoms with Gasteiger partial charge in [-0.05, 0) is 67.9 Å². The van der Waals surface area contributed by atoms with Crippen LogP contribution in [0.25, 0.3) is 0 Å². The van der Waals surface area contributed by atoms with E-state index in [2.05, 4.69) is 5.32 Å². The van der Waals surface area contributed by atoms with E-state index in [4.69, 9.17) is 21.1 Å². The van der Waals surface area contributed by atoms with Crippen molar-refractivity contribution in [2.75, 3.05) is 12.4 Å². The zero-order valence-corrected chi connectivity index (χ0v) is 17.7. The maximum atomic E-state index is 12.7. The number of Topliss-reactive ketones (excluding diaryl/α,β-unsaturated/α-hetero) is 1. The molecule has 0 heterocycles. The minimum atomic E-state index is -0.290. The van der Waals surface area contributed by atoms with Crippen molar-refractivity contribution >= 4 is 29.0 Å². The molecule has 0 fully saturated rings. The monoisotopic (exact) mass is 423 g/mol. The number of nitrogens with one attached hydrogen (secondary N) is 1. The van der Waals surface area contributed by atoms with Crippen molar-refractivity contribution in [3.8, 4) is 11.5 Å². The number of halogens is 1. The van der Waals surface area contributed by atoms with E-state index < -0.39 is 0 Å². The molecule has 3 aromatic carbocycles. The van der Waals surface area contributed by atoms with E-state index in [0.717, 1.165) is 11.1 Å². The molecule has 6 heteroatoms. The molecule has 0 aliphatic rings. The van der Waals surface area contributed by atoms with Gasteiger partial charge in [0.1, 0.15) is 18.1 Å². The third kappa shape index (κ3) is 5.19. The van der Waals surface area contributed by atoms with Crippen molar-refractivity contribution in [2.24, 2.45) is 0 Å². The summed E-state index contributed by atoms with van der Waals surface area (Å²) in [5.74, 6) is 0.944. The van der Waals surface area contributed by atoms with Gasteiger partial charge < -0.3 is 14.8 Å². The SMILES string of the molecule is COc1ccc(C(=O)Nc2cccc(C(C)=O)c2)cc1COc1ccc(Cl)c(C)c1. The maximum Gasteiger partial charge on any atom is 0.255 e. The lowest BCUT2D eigenvalue weighted by Gasteiger charge is -2.13. The summed E-state index contributed by atoms with van der Waals surface area (Å²) in [4.78, 5) is 24.3. The molecule has 5 nitrogen and oxygen atoms in total. The molecule has 30 heavy (non-hydrogen) atoms. The average molecular weight is 424 g/mol. The fourth-order valence-electron chi connectivity index (χ4n) is 2.92. The second-order valence-electron chi connectivity index (χ2n) is 6.82. The summed E-state index contributed by atoms with van der Waals surface area (Å²) < 4.78 is 11.3. The van der Waals surface area contributed by atoms with Gasteiger partial charge in [0.2, 0.25) is 0 Å². The maximum absolute atomic E-state index is 12.7. The van der Waals surface area contributed by atoms with Gasteiger partial charge >= 0.3 is 0 Å². The van der Waals surface area contributed by atoms with Crippen LogP contribution in [0.1, 0.15) is 38.8 Å². The minimum absolute atomic E-state index is 0.0626. The first-order valence-corrected chi connectivity index (χ1v) is 9.73. The quantitative estimate of drug-likeness (QED) is 0.496. The lowest BCUT2D eigenvalue weighted by Crippen LogP contribution is -2.13. The first-order chi connectivity index (χ1) is 14.4. The molecular weight excluding hydrogens is 402 g/mol. The number of carbonyl (C=O) groups excluding carboxylic acids is 2. The number of benzene rings is 3. The summed E-state index contributed by atoms with van der Waals surface area (Å²) in [5, 5.41) is 3.49. The minimum Gasteiger partial charge on any atom is -0.496 e. The molecule has 3 rings (SSSR count). The van der Waals surface area contributed by atoms with E-state index in [9.17, 15) is 9.59 Å². The fraction of sp³-hybridized carbons (Fsp3) is 0.167. The third-order valence-corrected chi connectivity index (χ3v) is 5.02. The topological polar surface area (TPSA) is 64.6 Å². The molecule has 0 aromatic heterocycles. The molecule has 154 valence electrons. The first-order valence-electron chi connectivity index (χ1n) is 9.35. The second kappa shape index (κ2) is 9.46. The van der Waals surface area contributed by atoms with Crippen molar-refractivity contribution in [1.29, 1.82) is 0 Å². The Hall–Kier alpha value is -3.31. The van der Waals surface area contributed by atoms with Crippen LogP contribution < -0.4 is 14.8 Å². The van der Waals surface area contributed by atoms with Crippen molar-refractivity contribution in [3.05, 3.63) is 87.9 Å². The van der Waals surface area contributed by atoms with E-state index in [-0.39, 0.29) is 18.3 Å². The van der Waals surface area contributed by atoms with Crippen molar-refractivity contribution < 1.29 is 19.1 Å². The highest BCUT2D eigenvalue weighted by Crippen LogP contribution is 2.25. The Balaban J connectivity index is 1.77. The number of anilines is 1. The predicted octanol–water partition coefficient (Wildman–Crippen LogP) is 5.69. The number of rotatable bonds is 7. The lowest BCUT2D eigenvalue weighted by atomic mass is 10.1. The number of hydrogen-bond donors (Lipinski definition) is 1. The number of amides is 1. The van der Waals surface area contributed by atoms with Crippen molar-refractivity contribution in [1.82, 2.24) is 0 Å². The second-order valence-corrected chi connectivity index (χ2v) is 7.22. The summed E-state index contributed by atoms with van der Waals surface area (Å²) in [7, 11) is 1.57. The van der Waals surface area contributed by atoms with Crippen LogP contribution in [0.4, 0.5) is 5.69 Å². The smallest absolute Gasteiger partial charge is 0.255 e. The van der Waals surface area contributed by atoms with E-state index in [1.54, 1.807) is 61.7 Å². The van der Waals surface area contributed by atoms with E-state index >= 15 is 0 Å². The van der Waals surface area contributed by atoms with Crippen LogP contribution in [0.15, 0.2) is 60.7 Å². The molecule has 0 saturated heterocycles. The first kappa shape index (κ1) is 21.4. The van der Waals surface area contributed by atoms with Crippen LogP contribution in [0.2, 0.25) is 5.02 Å². The van der Waals surface area contributed by atoms with Gasteiger partial charge in [-0.2, -0.15) is 0 Å². The zero-order chi connectivity index (χ0) is 21.7. The molecule has 0 bridgehead atoms. The number of ketones is 1. The fourth-order valence-corrected chi connectivity index (χ4v) is 3.04. The molecular formula is C24H22ClNO4. The van der Waals surface area contributed by atoms with Gasteiger partial charge in [-0.25, -0.2) is 0 Å². The molecule has 0 saturated carbocycles. The molecule has 1 N–H and O–H groups in total. The van der Waals surface area contributed by atoms with Crippen LogP contribution in [-0.4, -0.2) is 18.8 Å². The van der Waals surface area contributed by atoms with Crippen LogP contribution in [0.5, 0.6) is 11.5 Å². The van der Waals surface area contributed by atoms with Gasteiger partial charge in [-0.1, -0.05) is 23.7 Å². The normalized spacial score (nSPS) is 10.4. The van der Waals surface area contributed by atoms with Crippen LogP contribution in [0, 0.1) is 6.92 Å². The van der Waals surface area contributed by atoms with E-state index in [1.807, 2.05) is 13.0 Å². The summed E-state index contributed by atoms with van der Waals surface area (Å²) in [6, 6.07) is 17.4. The Morgan fingerprint density at radius 1 is 1.00 bits per heavy atom. The summed E-state index contributed by atoms with van der Waals surface area (Å²) in [6.45, 7) is 3.62. The largest absolute Gasteiger partial charge is 0.496 e. The summed E-state index contributed by atoms with van der Waals surface area (Å²) >= 11 is 6.06. The Kier molecular flexibility index (Phi) is 6.75. The lowest BCUT2D eigenvalue weighted by molar-refractivity contribution is 0.101. The molecule has 1 amide bonds. The van der Waals surface area contributed by atoms with Crippen LogP contribution in [-0.2, 0) is 6.61 Å². The Morgan fingerprint density at radius 3 is 2.50 bits per heavy atom. The van der Waals surface area contributed by atoms with Gasteiger partial charge in [-0.15, -0.1) is 0 Å². The van der Waals surface area contributed by atoms with Gasteiger partial charge in [0.25, 0.3) is 5.91 Å². The number of ether oxygens (including phenoxy) is 2. The number of methoxy groups -OCH3 is 1. The number of aryl methyl sites for hydroxylation is 1. The molecule has 0 aliphatic heterocycles.